The number of hydrogen-bond donors (Lipinski definition) is 2. The summed E-state index contributed by atoms with van der Waals surface area (Å²) < 4.78 is 0. The van der Waals surface area contributed by atoms with Gasteiger partial charge in [0.2, 0.25) is 5.91 Å². The van der Waals surface area contributed by atoms with Crippen LogP contribution in [0.15, 0.2) is 18.2 Å². The fraction of sp³-hybridized carbons (Fsp3) is 0.667. The van der Waals surface area contributed by atoms with Crippen LogP contribution in [0, 0.1) is 24.7 Å². The van der Waals surface area contributed by atoms with Crippen LogP contribution in [0.1, 0.15) is 38.2 Å². The van der Waals surface area contributed by atoms with Crippen LogP contribution in [0.2, 0.25) is 5.02 Å². The molecule has 0 bridgehead atoms. The number of piperidine rings is 1. The molecule has 144 valence electrons. The fourth-order valence-electron chi connectivity index (χ4n) is 4.34. The number of carbonyl (C=O) groups excluding carboxylic acids is 1. The predicted octanol–water partition coefficient (Wildman–Crippen LogP) is 3.62. The number of anilines is 1. The average molecular weight is 378 g/mol. The molecule has 1 aromatic carbocycles. The van der Waals surface area contributed by atoms with E-state index in [9.17, 15) is 4.79 Å². The highest BCUT2D eigenvalue weighted by molar-refractivity contribution is 6.30. The Bertz CT molecular complexity index is 615. The van der Waals surface area contributed by atoms with Gasteiger partial charge in [0.05, 0.1) is 0 Å². The van der Waals surface area contributed by atoms with Gasteiger partial charge < -0.3 is 15.5 Å². The van der Waals surface area contributed by atoms with Gasteiger partial charge in [0, 0.05) is 36.8 Å². The summed E-state index contributed by atoms with van der Waals surface area (Å²) in [5.41, 5.74) is 2.49. The summed E-state index contributed by atoms with van der Waals surface area (Å²) in [5, 5.41) is 7.37. The Kier molecular flexibility index (Phi) is 6.82. The van der Waals surface area contributed by atoms with Crippen molar-refractivity contribution in [2.24, 2.45) is 17.8 Å². The molecule has 3 rings (SSSR count). The van der Waals surface area contributed by atoms with Gasteiger partial charge in [-0.3, -0.25) is 4.79 Å². The van der Waals surface area contributed by atoms with Crippen LogP contribution in [0.4, 0.5) is 5.69 Å². The summed E-state index contributed by atoms with van der Waals surface area (Å²) in [6.45, 7) is 9.36. The number of rotatable bonds is 6. The van der Waals surface area contributed by atoms with E-state index < -0.39 is 0 Å². The summed E-state index contributed by atoms with van der Waals surface area (Å²) in [7, 11) is 0. The number of halogens is 1. The first kappa shape index (κ1) is 19.5. The lowest BCUT2D eigenvalue weighted by Gasteiger charge is -2.28. The molecular formula is C21H32ClN3O. The maximum absolute atomic E-state index is 12.3. The SMILES string of the molecule is Cc1ccc(Cl)cc1N1CCC(CNC(=O)CC(C)C2CCNCC2)C1. The van der Waals surface area contributed by atoms with Crippen molar-refractivity contribution >= 4 is 23.2 Å². The van der Waals surface area contributed by atoms with Crippen molar-refractivity contribution in [1.82, 2.24) is 10.6 Å². The van der Waals surface area contributed by atoms with E-state index in [-0.39, 0.29) is 5.91 Å². The summed E-state index contributed by atoms with van der Waals surface area (Å²) in [4.78, 5) is 14.7. The fourth-order valence-corrected chi connectivity index (χ4v) is 4.51. The molecule has 1 aromatic rings. The third-order valence-corrected chi connectivity index (χ3v) is 6.32. The first-order valence-corrected chi connectivity index (χ1v) is 10.4. The molecule has 0 radical (unpaired) electrons. The van der Waals surface area contributed by atoms with Gasteiger partial charge in [0.25, 0.3) is 0 Å². The second-order valence-corrected chi connectivity index (χ2v) is 8.54. The van der Waals surface area contributed by atoms with Crippen molar-refractivity contribution in [3.63, 3.8) is 0 Å². The molecule has 2 saturated heterocycles. The number of nitrogens with zero attached hydrogens (tertiary/aromatic N) is 1. The van der Waals surface area contributed by atoms with E-state index in [1.165, 1.54) is 24.1 Å². The molecule has 2 aliphatic rings. The smallest absolute Gasteiger partial charge is 0.220 e. The van der Waals surface area contributed by atoms with Crippen LogP contribution in [-0.4, -0.2) is 38.6 Å². The Hall–Kier alpha value is -1.26. The maximum atomic E-state index is 12.3. The summed E-state index contributed by atoms with van der Waals surface area (Å²) in [6, 6.07) is 6.07. The number of benzene rings is 1. The minimum atomic E-state index is 0.216. The minimum Gasteiger partial charge on any atom is -0.371 e. The largest absolute Gasteiger partial charge is 0.371 e. The quantitative estimate of drug-likeness (QED) is 0.795. The molecular weight excluding hydrogens is 346 g/mol. The minimum absolute atomic E-state index is 0.216. The highest BCUT2D eigenvalue weighted by Gasteiger charge is 2.25. The van der Waals surface area contributed by atoms with Crippen molar-refractivity contribution in [1.29, 1.82) is 0 Å². The Morgan fingerprint density at radius 2 is 2.12 bits per heavy atom. The zero-order valence-electron chi connectivity index (χ0n) is 16.1. The van der Waals surface area contributed by atoms with E-state index in [1.54, 1.807) is 0 Å². The van der Waals surface area contributed by atoms with Crippen molar-refractivity contribution < 1.29 is 4.79 Å². The lowest BCUT2D eigenvalue weighted by molar-refractivity contribution is -0.122. The number of aryl methyl sites for hydroxylation is 1. The molecule has 26 heavy (non-hydrogen) atoms. The van der Waals surface area contributed by atoms with E-state index >= 15 is 0 Å². The first-order chi connectivity index (χ1) is 12.5. The predicted molar refractivity (Wildman–Crippen MR) is 109 cm³/mol. The molecule has 2 heterocycles. The number of carbonyl (C=O) groups is 1. The Labute approximate surface area is 162 Å². The van der Waals surface area contributed by atoms with Gasteiger partial charge in [-0.25, -0.2) is 0 Å². The van der Waals surface area contributed by atoms with Crippen LogP contribution in [0.5, 0.6) is 0 Å². The third kappa shape index (κ3) is 5.14. The zero-order chi connectivity index (χ0) is 18.5. The van der Waals surface area contributed by atoms with Crippen molar-refractivity contribution in [3.05, 3.63) is 28.8 Å². The lowest BCUT2D eigenvalue weighted by Crippen LogP contribution is -2.35. The summed E-state index contributed by atoms with van der Waals surface area (Å²) >= 11 is 6.16. The highest BCUT2D eigenvalue weighted by Crippen LogP contribution is 2.29. The number of nitrogens with one attached hydrogen (secondary N) is 2. The monoisotopic (exact) mass is 377 g/mol. The molecule has 2 N–H and O–H groups in total. The summed E-state index contributed by atoms with van der Waals surface area (Å²) in [5.74, 6) is 1.90. The van der Waals surface area contributed by atoms with E-state index in [4.69, 9.17) is 11.6 Å². The molecule has 0 saturated carbocycles. The van der Waals surface area contributed by atoms with Crippen LogP contribution in [0.25, 0.3) is 0 Å². The van der Waals surface area contributed by atoms with Crippen LogP contribution >= 0.6 is 11.6 Å². The third-order valence-electron chi connectivity index (χ3n) is 6.08. The number of hydrogen-bond acceptors (Lipinski definition) is 3. The molecule has 1 amide bonds. The van der Waals surface area contributed by atoms with Crippen molar-refractivity contribution in [2.45, 2.75) is 39.5 Å². The molecule has 2 unspecified atom stereocenters. The Morgan fingerprint density at radius 1 is 1.35 bits per heavy atom. The van der Waals surface area contributed by atoms with Crippen molar-refractivity contribution in [2.75, 3.05) is 37.6 Å². The van der Waals surface area contributed by atoms with Gasteiger partial charge in [-0.2, -0.15) is 0 Å². The van der Waals surface area contributed by atoms with E-state index in [2.05, 4.69) is 41.5 Å². The molecule has 2 aliphatic heterocycles. The molecule has 2 fully saturated rings. The second kappa shape index (κ2) is 9.09. The van der Waals surface area contributed by atoms with Gasteiger partial charge in [-0.05, 0) is 74.7 Å². The standard InChI is InChI=1S/C21H32ClN3O/c1-15-3-4-19(22)12-20(15)25-10-7-17(14-25)13-24-21(26)11-16(2)18-5-8-23-9-6-18/h3-4,12,16-18,23H,5-11,13-14H2,1-2H3,(H,24,26). The highest BCUT2D eigenvalue weighted by atomic mass is 35.5. The molecule has 2 atom stereocenters. The van der Waals surface area contributed by atoms with Gasteiger partial charge in [-0.15, -0.1) is 0 Å². The zero-order valence-corrected chi connectivity index (χ0v) is 16.8. The van der Waals surface area contributed by atoms with E-state index in [0.29, 0.717) is 24.2 Å². The lowest BCUT2D eigenvalue weighted by atomic mass is 9.84. The van der Waals surface area contributed by atoms with E-state index in [1.807, 2.05) is 6.07 Å². The molecule has 5 heteroatoms. The van der Waals surface area contributed by atoms with Gasteiger partial charge in [-0.1, -0.05) is 24.6 Å². The van der Waals surface area contributed by atoms with Crippen molar-refractivity contribution in [3.8, 4) is 0 Å². The maximum Gasteiger partial charge on any atom is 0.220 e. The van der Waals surface area contributed by atoms with Crippen LogP contribution in [0.3, 0.4) is 0 Å². The normalized spacial score (nSPS) is 22.4. The molecule has 0 spiro atoms. The average Bonchev–Trinajstić information content (AvgIpc) is 3.11. The number of amides is 1. The molecule has 4 nitrogen and oxygen atoms in total. The Balaban J connectivity index is 1.42. The Morgan fingerprint density at radius 3 is 2.88 bits per heavy atom. The van der Waals surface area contributed by atoms with E-state index in [0.717, 1.165) is 44.2 Å². The second-order valence-electron chi connectivity index (χ2n) is 8.10. The first-order valence-electron chi connectivity index (χ1n) is 10.0. The topological polar surface area (TPSA) is 44.4 Å². The van der Waals surface area contributed by atoms with Gasteiger partial charge in [0.1, 0.15) is 0 Å². The van der Waals surface area contributed by atoms with Gasteiger partial charge >= 0.3 is 0 Å². The van der Waals surface area contributed by atoms with Crippen LogP contribution < -0.4 is 15.5 Å². The molecule has 0 aromatic heterocycles. The van der Waals surface area contributed by atoms with Gasteiger partial charge in [0.15, 0.2) is 0 Å². The molecule has 0 aliphatic carbocycles. The van der Waals surface area contributed by atoms with Crippen LogP contribution in [-0.2, 0) is 4.79 Å². The summed E-state index contributed by atoms with van der Waals surface area (Å²) in [6.07, 6.45) is 4.18.